The normalized spacial score (nSPS) is 13.1. The van der Waals surface area contributed by atoms with E-state index in [1.54, 1.807) is 49.4 Å². The molecule has 0 fully saturated rings. The van der Waals surface area contributed by atoms with E-state index < -0.39 is 62.6 Å². The van der Waals surface area contributed by atoms with E-state index in [1.807, 2.05) is 26.8 Å². The second-order valence-corrected chi connectivity index (χ2v) is 18.5. The van der Waals surface area contributed by atoms with E-state index >= 15 is 0 Å². The molecule has 0 spiro atoms. The SMILES string of the molecule is Cc1cc(C)c(Nc2ccc3c(-c4ccccc4S(=O)(=O)O)c4cc/c(=N\c5c(C)c(NC(=O)NCC(O)CO)c(C)c(S(=O)(=O)O)c5C)cc-4oc3c2)c(C)c1NC(=O)NCC(O)CO. The van der Waals surface area contributed by atoms with Crippen LogP contribution < -0.4 is 31.9 Å². The fraction of sp³-hybridized carbons (Fsp3) is 0.267. The van der Waals surface area contributed by atoms with Crippen molar-refractivity contribution in [2.45, 2.75) is 63.5 Å². The molecule has 1 aliphatic carbocycles. The molecule has 0 saturated heterocycles. The minimum absolute atomic E-state index is 0.00618. The molecule has 11 N–H and O–H groups in total. The van der Waals surface area contributed by atoms with E-state index in [-0.39, 0.29) is 62.8 Å². The smallest absolute Gasteiger partial charge is 0.319 e. The van der Waals surface area contributed by atoms with Crippen LogP contribution in [-0.4, -0.2) is 96.9 Å². The Balaban J connectivity index is 1.54. The van der Waals surface area contributed by atoms with Crippen LogP contribution in [-0.2, 0) is 20.2 Å². The maximum absolute atomic E-state index is 12.9. The summed E-state index contributed by atoms with van der Waals surface area (Å²) in [7, 11) is -9.63. The Morgan fingerprint density at radius 3 is 1.88 bits per heavy atom. The summed E-state index contributed by atoms with van der Waals surface area (Å²) in [5, 5.41) is 52.0. The summed E-state index contributed by atoms with van der Waals surface area (Å²) in [5.41, 5.74) is 5.59. The molecule has 2 atom stereocenters. The molecule has 4 aromatic carbocycles. The summed E-state index contributed by atoms with van der Waals surface area (Å²) in [6, 6.07) is 16.2. The van der Waals surface area contributed by atoms with Gasteiger partial charge in [-0.3, -0.25) is 9.11 Å². The molecule has 1 aliphatic heterocycles. The van der Waals surface area contributed by atoms with Crippen molar-refractivity contribution in [3.8, 4) is 22.5 Å². The van der Waals surface area contributed by atoms with Crippen LogP contribution in [0.25, 0.3) is 33.4 Å². The number of benzene rings is 5. The third-order valence-electron chi connectivity index (χ3n) is 10.9. The number of aliphatic hydroxyl groups is 4. The summed E-state index contributed by atoms with van der Waals surface area (Å²) < 4.78 is 78.3. The standard InChI is InChI=1S/C45H50N6O13S2/c1-22-15-23(2)40(50-44(56)46-18-30(54)20-52)24(3)39(22)48-28-11-13-32-35(16-28)64-36-17-29(12-14-33(36)38(32)34-9-7-8-10-37(34)65(58,59)60)49-41-25(4)42(51-45(57)47-19-31(55)21-53)27(6)43(26(41)5)66(61,62)63/h7-17,30-31,48,52-55H,18-21H2,1-6H3,(H2,46,50,56)(H2,47,51,57)(H,58,59,60)(H,61,62,63)/b49-29+. The van der Waals surface area contributed by atoms with E-state index in [4.69, 9.17) is 19.6 Å². The van der Waals surface area contributed by atoms with Crippen LogP contribution in [0, 0.1) is 41.5 Å². The van der Waals surface area contributed by atoms with Crippen molar-refractivity contribution in [3.63, 3.8) is 0 Å². The lowest BCUT2D eigenvalue weighted by atomic mass is 9.93. The third kappa shape index (κ3) is 10.5. The summed E-state index contributed by atoms with van der Waals surface area (Å²) in [4.78, 5) is 29.5. The second kappa shape index (κ2) is 19.6. The number of aryl methyl sites for hydroxylation is 2. The first-order valence-corrected chi connectivity index (χ1v) is 23.2. The predicted octanol–water partition coefficient (Wildman–Crippen LogP) is 5.47. The van der Waals surface area contributed by atoms with E-state index in [9.17, 15) is 45.7 Å². The minimum Gasteiger partial charge on any atom is -0.456 e. The Labute approximate surface area is 380 Å². The molecular formula is C45H50N6O13S2. The first kappa shape index (κ1) is 49.0. The maximum Gasteiger partial charge on any atom is 0.319 e. The van der Waals surface area contributed by atoms with Crippen molar-refractivity contribution in [3.05, 3.63) is 105 Å². The number of hydrogen-bond donors (Lipinski definition) is 11. The van der Waals surface area contributed by atoms with Crippen molar-refractivity contribution in [2.75, 3.05) is 42.3 Å². The van der Waals surface area contributed by atoms with Gasteiger partial charge in [-0.15, -0.1) is 0 Å². The summed E-state index contributed by atoms with van der Waals surface area (Å²) in [5.74, 6) is 0.185. The number of amides is 4. The van der Waals surface area contributed by atoms with Crippen LogP contribution in [0.4, 0.5) is 38.0 Å². The molecule has 4 amide bonds. The second-order valence-electron chi connectivity index (χ2n) is 15.7. The monoisotopic (exact) mass is 946 g/mol. The van der Waals surface area contributed by atoms with Gasteiger partial charge in [0, 0.05) is 58.7 Å². The molecule has 4 aromatic rings. The van der Waals surface area contributed by atoms with Crippen molar-refractivity contribution < 1.29 is 60.4 Å². The van der Waals surface area contributed by atoms with Crippen LogP contribution >= 0.6 is 0 Å². The van der Waals surface area contributed by atoms with E-state index in [2.05, 4.69) is 26.6 Å². The fourth-order valence-corrected chi connectivity index (χ4v) is 9.52. The number of hydrogen-bond acceptors (Lipinski definition) is 13. The van der Waals surface area contributed by atoms with Gasteiger partial charge in [-0.05, 0) is 105 Å². The molecule has 2 unspecified atom stereocenters. The van der Waals surface area contributed by atoms with Crippen LogP contribution in [0.3, 0.4) is 0 Å². The zero-order chi connectivity index (χ0) is 48.4. The number of carbonyl (C=O) groups is 2. The van der Waals surface area contributed by atoms with Crippen LogP contribution in [0.5, 0.6) is 0 Å². The largest absolute Gasteiger partial charge is 0.456 e. The Morgan fingerprint density at radius 2 is 1.27 bits per heavy atom. The third-order valence-corrected chi connectivity index (χ3v) is 13.0. The number of urea groups is 2. The molecule has 19 nitrogen and oxygen atoms in total. The molecular weight excluding hydrogens is 897 g/mol. The van der Waals surface area contributed by atoms with Gasteiger partial charge in [0.2, 0.25) is 0 Å². The average molecular weight is 947 g/mol. The number of nitrogens with one attached hydrogen (secondary N) is 5. The molecule has 0 saturated carbocycles. The quantitative estimate of drug-likeness (QED) is 0.0477. The highest BCUT2D eigenvalue weighted by Gasteiger charge is 2.27. The van der Waals surface area contributed by atoms with Gasteiger partial charge in [-0.25, -0.2) is 14.6 Å². The van der Waals surface area contributed by atoms with Crippen molar-refractivity contribution in [1.29, 1.82) is 0 Å². The van der Waals surface area contributed by atoms with E-state index in [0.29, 0.717) is 44.7 Å². The average Bonchev–Trinajstić information content (AvgIpc) is 3.26. The van der Waals surface area contributed by atoms with Gasteiger partial charge < -0.3 is 51.4 Å². The topological polar surface area (TPSA) is 309 Å². The van der Waals surface area contributed by atoms with Gasteiger partial charge >= 0.3 is 12.1 Å². The molecule has 0 radical (unpaired) electrons. The lowest BCUT2D eigenvalue weighted by Gasteiger charge is -2.21. The van der Waals surface area contributed by atoms with Crippen LogP contribution in [0.1, 0.15) is 33.4 Å². The lowest BCUT2D eigenvalue weighted by molar-refractivity contribution is 0.0965. The van der Waals surface area contributed by atoms with E-state index in [1.165, 1.54) is 32.0 Å². The van der Waals surface area contributed by atoms with Crippen molar-refractivity contribution in [2.24, 2.45) is 4.99 Å². The molecule has 1 heterocycles. The van der Waals surface area contributed by atoms with Gasteiger partial charge in [0.05, 0.1) is 47.8 Å². The fourth-order valence-electron chi connectivity index (χ4n) is 7.85. The Morgan fingerprint density at radius 1 is 0.667 bits per heavy atom. The molecule has 0 aromatic heterocycles. The number of fused-ring (bicyclic) bond motifs is 2. The zero-order valence-electron chi connectivity index (χ0n) is 36.6. The summed E-state index contributed by atoms with van der Waals surface area (Å²) in [6.45, 7) is 8.31. The highest BCUT2D eigenvalue weighted by atomic mass is 32.2. The van der Waals surface area contributed by atoms with Crippen molar-refractivity contribution in [1.82, 2.24) is 10.6 Å². The number of rotatable bonds is 14. The van der Waals surface area contributed by atoms with Gasteiger partial charge in [0.1, 0.15) is 21.1 Å². The van der Waals surface area contributed by atoms with Gasteiger partial charge in [-0.2, -0.15) is 16.8 Å². The van der Waals surface area contributed by atoms with Gasteiger partial charge in [0.25, 0.3) is 20.2 Å². The molecule has 2 aliphatic rings. The first-order valence-electron chi connectivity index (χ1n) is 20.3. The molecule has 350 valence electrons. The summed E-state index contributed by atoms with van der Waals surface area (Å²) >= 11 is 0. The Kier molecular flexibility index (Phi) is 14.5. The van der Waals surface area contributed by atoms with E-state index in [0.717, 1.165) is 11.1 Å². The molecule has 0 bridgehead atoms. The lowest BCUT2D eigenvalue weighted by Crippen LogP contribution is -2.37. The zero-order valence-corrected chi connectivity index (χ0v) is 38.3. The van der Waals surface area contributed by atoms with Gasteiger partial charge in [0.15, 0.2) is 0 Å². The number of anilines is 4. The summed E-state index contributed by atoms with van der Waals surface area (Å²) in [6.07, 6.45) is -2.39. The molecule has 6 rings (SSSR count). The predicted molar refractivity (Wildman–Crippen MR) is 248 cm³/mol. The Hall–Kier alpha value is -6.43. The Bertz CT molecular complexity index is 3150. The highest BCUT2D eigenvalue weighted by molar-refractivity contribution is 7.86. The maximum atomic E-state index is 12.9. The minimum atomic E-state index is -4.88. The highest BCUT2D eigenvalue weighted by Crippen LogP contribution is 2.44. The van der Waals surface area contributed by atoms with Crippen LogP contribution in [0.2, 0.25) is 0 Å². The molecule has 21 heteroatoms. The molecule has 66 heavy (non-hydrogen) atoms. The van der Waals surface area contributed by atoms with Gasteiger partial charge in [-0.1, -0.05) is 24.3 Å². The van der Waals surface area contributed by atoms with Crippen molar-refractivity contribution >= 4 is 71.7 Å². The first-order chi connectivity index (χ1) is 31.0. The number of carbonyl (C=O) groups excluding carboxylic acids is 2. The van der Waals surface area contributed by atoms with Crippen LogP contribution in [0.15, 0.2) is 85.9 Å². The number of nitrogens with zero attached hydrogens (tertiary/aromatic N) is 1. The number of aliphatic hydroxyl groups excluding tert-OH is 4.